The standard InChI is InChI=1S/C33H35N3O8S/c1-24-12-18-29(19-13-24)45(41,42)35(21-27(22-37)34-30-10-6-7-11-31(30)36(39)40)32(33(38)43-2)20-25-14-16-28(17-15-25)44-23-26-8-4-3-5-9-26/h3-19,27,32,34,37H,20-23H2,1-2H3/t27-,32+/m1/s1. The smallest absolute Gasteiger partial charge is 0.324 e. The van der Waals surface area contributed by atoms with Gasteiger partial charge in [0.2, 0.25) is 10.0 Å². The predicted molar refractivity (Wildman–Crippen MR) is 169 cm³/mol. The Morgan fingerprint density at radius 3 is 2.20 bits per heavy atom. The highest BCUT2D eigenvalue weighted by Gasteiger charge is 2.38. The Bertz CT molecular complexity index is 1680. The maximum atomic E-state index is 14.1. The molecule has 0 spiro atoms. The number of aryl methyl sites for hydroxylation is 1. The molecule has 2 N–H and O–H groups in total. The Hall–Kier alpha value is -4.78. The molecular formula is C33H35N3O8S. The summed E-state index contributed by atoms with van der Waals surface area (Å²) in [6.45, 7) is 1.18. The van der Waals surface area contributed by atoms with Crippen molar-refractivity contribution in [1.82, 2.24) is 4.31 Å². The number of nitrogens with one attached hydrogen (secondary N) is 1. The molecule has 4 aromatic rings. The Kier molecular flexibility index (Phi) is 11.3. The number of benzene rings is 4. The van der Waals surface area contributed by atoms with E-state index in [4.69, 9.17) is 9.47 Å². The van der Waals surface area contributed by atoms with E-state index in [2.05, 4.69) is 5.32 Å². The first-order valence-electron chi connectivity index (χ1n) is 14.1. The second kappa shape index (κ2) is 15.3. The van der Waals surface area contributed by atoms with E-state index in [9.17, 15) is 28.4 Å². The fourth-order valence-corrected chi connectivity index (χ4v) is 6.33. The van der Waals surface area contributed by atoms with Crippen LogP contribution in [0.15, 0.2) is 108 Å². The van der Waals surface area contributed by atoms with Gasteiger partial charge in [-0.25, -0.2) is 8.42 Å². The van der Waals surface area contributed by atoms with E-state index in [0.717, 1.165) is 15.4 Å². The Morgan fingerprint density at radius 1 is 0.933 bits per heavy atom. The maximum absolute atomic E-state index is 14.1. The number of aliphatic hydroxyl groups excluding tert-OH is 1. The molecule has 4 aromatic carbocycles. The number of esters is 1. The van der Waals surface area contributed by atoms with Crippen LogP contribution in [0.2, 0.25) is 0 Å². The number of anilines is 1. The largest absolute Gasteiger partial charge is 0.489 e. The van der Waals surface area contributed by atoms with Crippen LogP contribution in [0.4, 0.5) is 11.4 Å². The van der Waals surface area contributed by atoms with Crippen molar-refractivity contribution in [2.24, 2.45) is 0 Å². The monoisotopic (exact) mass is 633 g/mol. The molecule has 0 aliphatic carbocycles. The molecule has 0 fully saturated rings. The number of sulfonamides is 1. The summed E-state index contributed by atoms with van der Waals surface area (Å²) in [6.07, 6.45) is -0.0552. The molecule has 45 heavy (non-hydrogen) atoms. The third-order valence-electron chi connectivity index (χ3n) is 7.13. The number of hydrogen-bond acceptors (Lipinski definition) is 9. The van der Waals surface area contributed by atoms with Gasteiger partial charge in [-0.15, -0.1) is 0 Å². The number of hydrogen-bond donors (Lipinski definition) is 2. The number of carbonyl (C=O) groups excluding carboxylic acids is 1. The topological polar surface area (TPSA) is 148 Å². The zero-order valence-electron chi connectivity index (χ0n) is 24.9. The van der Waals surface area contributed by atoms with E-state index in [1.165, 1.54) is 37.4 Å². The molecule has 0 unspecified atom stereocenters. The second-order valence-electron chi connectivity index (χ2n) is 10.3. The van der Waals surface area contributed by atoms with Crippen molar-refractivity contribution >= 4 is 27.4 Å². The maximum Gasteiger partial charge on any atom is 0.324 e. The molecule has 2 atom stereocenters. The van der Waals surface area contributed by atoms with Crippen molar-refractivity contribution in [1.29, 1.82) is 0 Å². The van der Waals surface area contributed by atoms with Crippen molar-refractivity contribution in [3.8, 4) is 5.75 Å². The molecular weight excluding hydrogens is 598 g/mol. The van der Waals surface area contributed by atoms with Gasteiger partial charge in [0.25, 0.3) is 5.69 Å². The zero-order chi connectivity index (χ0) is 32.4. The average molecular weight is 634 g/mol. The molecule has 4 rings (SSSR count). The lowest BCUT2D eigenvalue weighted by atomic mass is 10.1. The first-order valence-corrected chi connectivity index (χ1v) is 15.6. The molecule has 0 radical (unpaired) electrons. The van der Waals surface area contributed by atoms with Gasteiger partial charge >= 0.3 is 5.97 Å². The van der Waals surface area contributed by atoms with Crippen molar-refractivity contribution in [2.75, 3.05) is 25.6 Å². The minimum atomic E-state index is -4.34. The molecule has 236 valence electrons. The third kappa shape index (κ3) is 8.66. The summed E-state index contributed by atoms with van der Waals surface area (Å²) < 4.78 is 40.2. The summed E-state index contributed by atoms with van der Waals surface area (Å²) in [7, 11) is -3.17. The summed E-state index contributed by atoms with van der Waals surface area (Å²) in [4.78, 5) is 24.2. The van der Waals surface area contributed by atoms with Gasteiger partial charge in [0.1, 0.15) is 24.1 Å². The highest BCUT2D eigenvalue weighted by molar-refractivity contribution is 7.89. The normalized spacial score (nSPS) is 12.7. The van der Waals surface area contributed by atoms with Crippen molar-refractivity contribution < 1.29 is 32.7 Å². The van der Waals surface area contributed by atoms with Gasteiger partial charge < -0.3 is 19.9 Å². The van der Waals surface area contributed by atoms with E-state index in [1.807, 2.05) is 37.3 Å². The van der Waals surface area contributed by atoms with Crippen LogP contribution < -0.4 is 10.1 Å². The van der Waals surface area contributed by atoms with E-state index in [0.29, 0.717) is 17.9 Å². The molecule has 12 heteroatoms. The lowest BCUT2D eigenvalue weighted by Crippen LogP contribution is -2.51. The quantitative estimate of drug-likeness (QED) is 0.108. The summed E-state index contributed by atoms with van der Waals surface area (Å²) in [5.74, 6) is -0.215. The van der Waals surface area contributed by atoms with Crippen molar-refractivity contribution in [3.63, 3.8) is 0 Å². The first-order chi connectivity index (χ1) is 21.6. The molecule has 0 aliphatic heterocycles. The highest BCUT2D eigenvalue weighted by atomic mass is 32.2. The van der Waals surface area contributed by atoms with Gasteiger partial charge in [-0.1, -0.05) is 72.3 Å². The summed E-state index contributed by atoms with van der Waals surface area (Å²) in [6, 6.07) is 26.2. The van der Waals surface area contributed by atoms with E-state index < -0.39 is 46.2 Å². The SMILES string of the molecule is COC(=O)[C@H](Cc1ccc(OCc2ccccc2)cc1)N(C[C@H](CO)Nc1ccccc1[N+](=O)[O-])S(=O)(=O)c1ccc(C)cc1. The predicted octanol–water partition coefficient (Wildman–Crippen LogP) is 4.73. The van der Waals surface area contributed by atoms with E-state index in [1.54, 1.807) is 42.5 Å². The number of nitro groups is 1. The van der Waals surface area contributed by atoms with Gasteiger partial charge in [0.15, 0.2) is 0 Å². The first kappa shape index (κ1) is 33.1. The molecule has 0 aromatic heterocycles. The number of aliphatic hydroxyl groups is 1. The molecule has 0 saturated heterocycles. The lowest BCUT2D eigenvalue weighted by molar-refractivity contribution is -0.384. The van der Waals surface area contributed by atoms with Crippen molar-refractivity contribution in [2.45, 2.75) is 36.9 Å². The minimum Gasteiger partial charge on any atom is -0.489 e. The Balaban J connectivity index is 1.65. The molecule has 0 bridgehead atoms. The summed E-state index contributed by atoms with van der Waals surface area (Å²) in [5.41, 5.74) is 2.31. The number of nitro benzene ring substituents is 1. The number of nitrogens with zero attached hydrogens (tertiary/aromatic N) is 2. The van der Waals surface area contributed by atoms with Gasteiger partial charge in [0, 0.05) is 12.6 Å². The fraction of sp³-hybridized carbons (Fsp3) is 0.242. The van der Waals surface area contributed by atoms with Crippen LogP contribution in [-0.2, 0) is 32.6 Å². The van der Waals surface area contributed by atoms with E-state index >= 15 is 0 Å². The lowest BCUT2D eigenvalue weighted by Gasteiger charge is -2.32. The third-order valence-corrected chi connectivity index (χ3v) is 9.02. The molecule has 0 saturated carbocycles. The van der Waals surface area contributed by atoms with Crippen LogP contribution in [0, 0.1) is 17.0 Å². The van der Waals surface area contributed by atoms with Crippen LogP contribution >= 0.6 is 0 Å². The average Bonchev–Trinajstić information content (AvgIpc) is 3.05. The summed E-state index contributed by atoms with van der Waals surface area (Å²) in [5, 5.41) is 24.8. The zero-order valence-corrected chi connectivity index (χ0v) is 25.7. The van der Waals surface area contributed by atoms with Crippen LogP contribution in [0.5, 0.6) is 5.75 Å². The Morgan fingerprint density at radius 2 is 1.58 bits per heavy atom. The Labute approximate surface area is 262 Å². The number of methoxy groups -OCH3 is 1. The van der Waals surface area contributed by atoms with Gasteiger partial charge in [0.05, 0.1) is 29.6 Å². The number of rotatable bonds is 15. The van der Waals surface area contributed by atoms with Gasteiger partial charge in [-0.2, -0.15) is 4.31 Å². The molecule has 0 heterocycles. The number of para-hydroxylation sites is 2. The van der Waals surface area contributed by atoms with Crippen molar-refractivity contribution in [3.05, 3.63) is 130 Å². The van der Waals surface area contributed by atoms with Crippen LogP contribution in [0.3, 0.4) is 0 Å². The number of carbonyl (C=O) groups is 1. The van der Waals surface area contributed by atoms with Crippen LogP contribution in [0.1, 0.15) is 16.7 Å². The highest BCUT2D eigenvalue weighted by Crippen LogP contribution is 2.27. The van der Waals surface area contributed by atoms with E-state index in [-0.39, 0.29) is 22.7 Å². The molecule has 0 aliphatic rings. The summed E-state index contributed by atoms with van der Waals surface area (Å²) >= 11 is 0. The molecule has 0 amide bonds. The van der Waals surface area contributed by atoms with Gasteiger partial charge in [-0.05, 0) is 54.8 Å². The minimum absolute atomic E-state index is 0.0552. The number of ether oxygens (including phenoxy) is 2. The van der Waals surface area contributed by atoms with Crippen LogP contribution in [-0.4, -0.2) is 61.1 Å². The fourth-order valence-electron chi connectivity index (χ4n) is 4.70. The van der Waals surface area contributed by atoms with Gasteiger partial charge in [-0.3, -0.25) is 14.9 Å². The van der Waals surface area contributed by atoms with Crippen LogP contribution in [0.25, 0.3) is 0 Å². The molecule has 11 nitrogen and oxygen atoms in total. The second-order valence-corrected chi connectivity index (χ2v) is 12.2.